The molecule has 1 fully saturated rings. The Kier molecular flexibility index (Phi) is 6.63. The number of nitrogens with one attached hydrogen (secondary N) is 1. The molecule has 2 heterocycles. The summed E-state index contributed by atoms with van der Waals surface area (Å²) in [7, 11) is 0. The molecule has 2 aromatic carbocycles. The summed E-state index contributed by atoms with van der Waals surface area (Å²) in [6.07, 6.45) is 0.280. The fourth-order valence-corrected chi connectivity index (χ4v) is 3.98. The van der Waals surface area contributed by atoms with Gasteiger partial charge in [0.25, 0.3) is 0 Å². The Bertz CT molecular complexity index is 1020. The number of carbonyl (C=O) groups is 1. The average molecular weight is 416 g/mol. The number of anilines is 1. The van der Waals surface area contributed by atoms with Crippen LogP contribution in [0.2, 0.25) is 0 Å². The molecular weight excluding hydrogens is 386 g/mol. The Balaban J connectivity index is 1.39. The molecule has 0 aliphatic carbocycles. The van der Waals surface area contributed by atoms with Gasteiger partial charge >= 0.3 is 0 Å². The third kappa shape index (κ3) is 5.30. The van der Waals surface area contributed by atoms with Crippen LogP contribution in [0.5, 0.6) is 0 Å². The van der Waals surface area contributed by atoms with Crippen LogP contribution in [0, 0.1) is 6.92 Å². The minimum atomic E-state index is -0.0208. The van der Waals surface area contributed by atoms with Crippen LogP contribution in [0.1, 0.15) is 23.9 Å². The maximum atomic E-state index is 12.3. The summed E-state index contributed by atoms with van der Waals surface area (Å²) in [5.41, 5.74) is 6.25. The van der Waals surface area contributed by atoms with Crippen molar-refractivity contribution in [3.05, 3.63) is 83.7 Å². The largest absolute Gasteiger partial charge is 0.377 e. The molecule has 160 valence electrons. The SMILES string of the molecule is Cc1nc(CC(=O)NCc2ccccc2)ccc1-c1ccc(N2CCOC[C@@H]2C)cc1. The van der Waals surface area contributed by atoms with Crippen LogP contribution in [0.4, 0.5) is 5.69 Å². The number of rotatable bonds is 6. The summed E-state index contributed by atoms with van der Waals surface area (Å²) >= 11 is 0. The van der Waals surface area contributed by atoms with Crippen molar-refractivity contribution in [2.24, 2.45) is 0 Å². The molecular formula is C26H29N3O2. The quantitative estimate of drug-likeness (QED) is 0.657. The maximum absolute atomic E-state index is 12.3. The van der Waals surface area contributed by atoms with Gasteiger partial charge in [-0.1, -0.05) is 48.5 Å². The molecule has 1 aliphatic heterocycles. The summed E-state index contributed by atoms with van der Waals surface area (Å²) in [6, 6.07) is 22.9. The Hall–Kier alpha value is -3.18. The van der Waals surface area contributed by atoms with E-state index in [4.69, 9.17) is 4.74 Å². The van der Waals surface area contributed by atoms with Crippen LogP contribution >= 0.6 is 0 Å². The summed E-state index contributed by atoms with van der Waals surface area (Å²) < 4.78 is 5.54. The lowest BCUT2D eigenvalue weighted by molar-refractivity contribution is -0.120. The second-order valence-corrected chi connectivity index (χ2v) is 8.04. The lowest BCUT2D eigenvalue weighted by atomic mass is 10.0. The minimum Gasteiger partial charge on any atom is -0.377 e. The molecule has 0 radical (unpaired) electrons. The minimum absolute atomic E-state index is 0.0208. The summed E-state index contributed by atoms with van der Waals surface area (Å²) in [4.78, 5) is 19.4. The van der Waals surface area contributed by atoms with Gasteiger partial charge in [0.05, 0.1) is 25.3 Å². The first kappa shape index (κ1) is 21.1. The molecule has 4 rings (SSSR count). The highest BCUT2D eigenvalue weighted by atomic mass is 16.5. The number of morpholine rings is 1. The van der Waals surface area contributed by atoms with Crippen molar-refractivity contribution in [2.45, 2.75) is 32.9 Å². The molecule has 0 unspecified atom stereocenters. The molecule has 1 amide bonds. The average Bonchev–Trinajstić information content (AvgIpc) is 2.79. The number of hydrogen-bond acceptors (Lipinski definition) is 4. The third-order valence-corrected chi connectivity index (χ3v) is 5.70. The number of aryl methyl sites for hydroxylation is 1. The summed E-state index contributed by atoms with van der Waals surface area (Å²) in [6.45, 7) is 7.18. The normalized spacial score (nSPS) is 16.2. The second kappa shape index (κ2) is 9.75. The van der Waals surface area contributed by atoms with Gasteiger partial charge in [-0.15, -0.1) is 0 Å². The molecule has 1 saturated heterocycles. The Morgan fingerprint density at radius 3 is 2.58 bits per heavy atom. The molecule has 5 heteroatoms. The number of ether oxygens (including phenoxy) is 1. The third-order valence-electron chi connectivity index (χ3n) is 5.70. The second-order valence-electron chi connectivity index (χ2n) is 8.04. The first-order chi connectivity index (χ1) is 15.1. The monoisotopic (exact) mass is 415 g/mol. The molecule has 0 spiro atoms. The zero-order valence-electron chi connectivity index (χ0n) is 18.2. The van der Waals surface area contributed by atoms with E-state index in [0.717, 1.165) is 47.8 Å². The topological polar surface area (TPSA) is 54.5 Å². The van der Waals surface area contributed by atoms with Crippen molar-refractivity contribution in [3.63, 3.8) is 0 Å². The van der Waals surface area contributed by atoms with E-state index in [1.165, 1.54) is 5.69 Å². The number of carbonyl (C=O) groups excluding carboxylic acids is 1. The predicted octanol–water partition coefficient (Wildman–Crippen LogP) is 4.14. The van der Waals surface area contributed by atoms with Crippen molar-refractivity contribution in [3.8, 4) is 11.1 Å². The van der Waals surface area contributed by atoms with Crippen LogP contribution in [0.3, 0.4) is 0 Å². The van der Waals surface area contributed by atoms with E-state index in [1.807, 2.05) is 43.3 Å². The van der Waals surface area contributed by atoms with Crippen LogP contribution in [0.15, 0.2) is 66.7 Å². The van der Waals surface area contributed by atoms with Crippen molar-refractivity contribution >= 4 is 11.6 Å². The Morgan fingerprint density at radius 1 is 1.10 bits per heavy atom. The Labute approximate surface area is 184 Å². The molecule has 31 heavy (non-hydrogen) atoms. The highest BCUT2D eigenvalue weighted by Gasteiger charge is 2.19. The zero-order valence-corrected chi connectivity index (χ0v) is 18.2. The van der Waals surface area contributed by atoms with Gasteiger partial charge in [0.1, 0.15) is 0 Å². The lowest BCUT2D eigenvalue weighted by Gasteiger charge is -2.35. The number of aromatic nitrogens is 1. The van der Waals surface area contributed by atoms with Crippen LogP contribution in [0.25, 0.3) is 11.1 Å². The highest BCUT2D eigenvalue weighted by molar-refractivity contribution is 5.78. The fourth-order valence-electron chi connectivity index (χ4n) is 3.98. The van der Waals surface area contributed by atoms with Crippen molar-refractivity contribution in [1.82, 2.24) is 10.3 Å². The molecule has 0 bridgehead atoms. The zero-order chi connectivity index (χ0) is 21.6. The van der Waals surface area contributed by atoms with Crippen molar-refractivity contribution < 1.29 is 9.53 Å². The van der Waals surface area contributed by atoms with E-state index in [2.05, 4.69) is 52.5 Å². The van der Waals surface area contributed by atoms with Crippen molar-refractivity contribution in [2.75, 3.05) is 24.7 Å². The van der Waals surface area contributed by atoms with Crippen LogP contribution in [-0.4, -0.2) is 36.7 Å². The molecule has 0 saturated carbocycles. The van der Waals surface area contributed by atoms with E-state index in [0.29, 0.717) is 12.6 Å². The van der Waals surface area contributed by atoms with Gasteiger partial charge in [-0.3, -0.25) is 9.78 Å². The number of pyridine rings is 1. The molecule has 1 aliphatic rings. The van der Waals surface area contributed by atoms with E-state index in [-0.39, 0.29) is 12.3 Å². The molecule has 1 aromatic heterocycles. The van der Waals surface area contributed by atoms with Gasteiger partial charge in [-0.25, -0.2) is 0 Å². The first-order valence-corrected chi connectivity index (χ1v) is 10.8. The fraction of sp³-hybridized carbons (Fsp3) is 0.308. The van der Waals surface area contributed by atoms with Crippen molar-refractivity contribution in [1.29, 1.82) is 0 Å². The Morgan fingerprint density at radius 2 is 1.87 bits per heavy atom. The van der Waals surface area contributed by atoms with Gasteiger partial charge in [-0.2, -0.15) is 0 Å². The lowest BCUT2D eigenvalue weighted by Crippen LogP contribution is -2.43. The summed E-state index contributed by atoms with van der Waals surface area (Å²) in [5, 5.41) is 2.96. The maximum Gasteiger partial charge on any atom is 0.226 e. The summed E-state index contributed by atoms with van der Waals surface area (Å²) in [5.74, 6) is -0.0208. The van der Waals surface area contributed by atoms with Gasteiger partial charge in [-0.05, 0) is 43.2 Å². The number of nitrogens with zero attached hydrogens (tertiary/aromatic N) is 2. The van der Waals surface area contributed by atoms with Crippen LogP contribution < -0.4 is 10.2 Å². The van der Waals surface area contributed by atoms with Crippen LogP contribution in [-0.2, 0) is 22.5 Å². The predicted molar refractivity (Wildman–Crippen MR) is 124 cm³/mol. The van der Waals surface area contributed by atoms with E-state index in [9.17, 15) is 4.79 Å². The van der Waals surface area contributed by atoms with Gasteiger partial charge < -0.3 is 15.0 Å². The van der Waals surface area contributed by atoms with Gasteiger partial charge in [0, 0.05) is 36.1 Å². The standard InChI is InChI=1S/C26H29N3O2/c1-19-18-31-15-14-29(19)24-11-8-22(9-12-24)25-13-10-23(28-20(25)2)16-26(30)27-17-21-6-4-3-5-7-21/h3-13,19H,14-18H2,1-2H3,(H,27,30)/t19-/m0/s1. The number of amides is 1. The van der Waals surface area contributed by atoms with Gasteiger partial charge in [0.15, 0.2) is 0 Å². The van der Waals surface area contributed by atoms with Gasteiger partial charge in [0.2, 0.25) is 5.91 Å². The van der Waals surface area contributed by atoms with E-state index in [1.54, 1.807) is 0 Å². The first-order valence-electron chi connectivity index (χ1n) is 10.8. The molecule has 5 nitrogen and oxygen atoms in total. The van der Waals surface area contributed by atoms with E-state index < -0.39 is 0 Å². The molecule has 3 aromatic rings. The number of hydrogen-bond donors (Lipinski definition) is 1. The number of benzene rings is 2. The smallest absolute Gasteiger partial charge is 0.226 e. The molecule has 1 atom stereocenters. The van der Waals surface area contributed by atoms with E-state index >= 15 is 0 Å². The molecule has 1 N–H and O–H groups in total. The highest BCUT2D eigenvalue weighted by Crippen LogP contribution is 2.27.